The van der Waals surface area contributed by atoms with Crippen LogP contribution < -0.4 is 10.6 Å². The lowest BCUT2D eigenvalue weighted by Crippen LogP contribution is -2.12. The standard InChI is InChI=1S/C24H16ClN3O2S/c25-19-7-2-1-6-18(19)24-28-21(13-31-24)14-4-3-5-17(11-14)26-23(30)15-8-9-20-16(10-15)12-22(29)27-20/h1-11,13H,12H2,(H,26,30)(H,27,29). The molecule has 0 aliphatic carbocycles. The third kappa shape index (κ3) is 3.95. The van der Waals surface area contributed by atoms with Crippen LogP contribution in [0.2, 0.25) is 5.02 Å². The molecule has 0 saturated heterocycles. The van der Waals surface area contributed by atoms with Crippen LogP contribution in [-0.2, 0) is 11.2 Å². The molecule has 0 spiro atoms. The zero-order chi connectivity index (χ0) is 21.4. The summed E-state index contributed by atoms with van der Waals surface area (Å²) < 4.78 is 0. The van der Waals surface area contributed by atoms with Crippen molar-refractivity contribution in [3.63, 3.8) is 0 Å². The van der Waals surface area contributed by atoms with E-state index in [1.807, 2.05) is 53.9 Å². The Balaban J connectivity index is 1.37. The number of halogens is 1. The minimum Gasteiger partial charge on any atom is -0.326 e. The van der Waals surface area contributed by atoms with Crippen molar-refractivity contribution >= 4 is 46.1 Å². The monoisotopic (exact) mass is 445 g/mol. The van der Waals surface area contributed by atoms with Crippen LogP contribution >= 0.6 is 22.9 Å². The number of hydrogen-bond acceptors (Lipinski definition) is 4. The van der Waals surface area contributed by atoms with Crippen LogP contribution in [0.25, 0.3) is 21.8 Å². The van der Waals surface area contributed by atoms with Crippen LogP contribution in [0.5, 0.6) is 0 Å². The maximum atomic E-state index is 12.7. The number of nitrogens with zero attached hydrogens (tertiary/aromatic N) is 1. The summed E-state index contributed by atoms with van der Waals surface area (Å²) in [7, 11) is 0. The van der Waals surface area contributed by atoms with Crippen LogP contribution in [0, 0.1) is 0 Å². The van der Waals surface area contributed by atoms with Crippen molar-refractivity contribution in [2.24, 2.45) is 0 Å². The molecule has 2 amide bonds. The number of benzene rings is 3. The number of fused-ring (bicyclic) bond motifs is 1. The first kappa shape index (κ1) is 19.5. The predicted octanol–water partition coefficient (Wildman–Crippen LogP) is 5.88. The molecular formula is C24H16ClN3O2S. The minimum atomic E-state index is -0.227. The van der Waals surface area contributed by atoms with Crippen molar-refractivity contribution in [3.05, 3.63) is 88.3 Å². The van der Waals surface area contributed by atoms with E-state index in [1.165, 1.54) is 11.3 Å². The molecule has 1 aliphatic heterocycles. The molecule has 2 N–H and O–H groups in total. The fourth-order valence-electron chi connectivity index (χ4n) is 3.49. The van der Waals surface area contributed by atoms with Crippen molar-refractivity contribution in [1.29, 1.82) is 0 Å². The number of hydrogen-bond donors (Lipinski definition) is 2. The molecule has 3 aromatic carbocycles. The maximum absolute atomic E-state index is 12.7. The lowest BCUT2D eigenvalue weighted by Gasteiger charge is -2.08. The molecule has 1 aromatic heterocycles. The number of carbonyl (C=O) groups excluding carboxylic acids is 2. The second-order valence-electron chi connectivity index (χ2n) is 7.15. The van der Waals surface area contributed by atoms with Gasteiger partial charge in [0.25, 0.3) is 5.91 Å². The van der Waals surface area contributed by atoms with Crippen molar-refractivity contribution in [3.8, 4) is 21.8 Å². The van der Waals surface area contributed by atoms with Crippen molar-refractivity contribution in [1.82, 2.24) is 4.98 Å². The van der Waals surface area contributed by atoms with Crippen LogP contribution in [0.3, 0.4) is 0 Å². The van der Waals surface area contributed by atoms with E-state index in [0.717, 1.165) is 33.1 Å². The van der Waals surface area contributed by atoms with Crippen LogP contribution in [0.1, 0.15) is 15.9 Å². The van der Waals surface area contributed by atoms with Gasteiger partial charge in [-0.3, -0.25) is 9.59 Å². The molecule has 4 aromatic rings. The van der Waals surface area contributed by atoms with Crippen molar-refractivity contribution in [2.45, 2.75) is 6.42 Å². The lowest BCUT2D eigenvalue weighted by molar-refractivity contribution is -0.115. The molecule has 0 bridgehead atoms. The van der Waals surface area contributed by atoms with Gasteiger partial charge in [-0.25, -0.2) is 4.98 Å². The Bertz CT molecular complexity index is 1330. The smallest absolute Gasteiger partial charge is 0.255 e. The van der Waals surface area contributed by atoms with Gasteiger partial charge in [0.1, 0.15) is 5.01 Å². The summed E-state index contributed by atoms with van der Waals surface area (Å²) in [5.41, 5.74) is 5.39. The van der Waals surface area contributed by atoms with Crippen molar-refractivity contribution in [2.75, 3.05) is 10.6 Å². The van der Waals surface area contributed by atoms with E-state index in [-0.39, 0.29) is 11.8 Å². The van der Waals surface area contributed by atoms with Gasteiger partial charge in [0.2, 0.25) is 5.91 Å². The molecule has 2 heterocycles. The summed E-state index contributed by atoms with van der Waals surface area (Å²) in [6, 6.07) is 20.4. The highest BCUT2D eigenvalue weighted by Crippen LogP contribution is 2.33. The highest BCUT2D eigenvalue weighted by atomic mass is 35.5. The summed E-state index contributed by atoms with van der Waals surface area (Å²) in [6.45, 7) is 0. The van der Waals surface area contributed by atoms with Gasteiger partial charge in [0, 0.05) is 33.4 Å². The molecule has 0 atom stereocenters. The van der Waals surface area contributed by atoms with Gasteiger partial charge >= 0.3 is 0 Å². The zero-order valence-corrected chi connectivity index (χ0v) is 17.8. The molecule has 5 rings (SSSR count). The van der Waals surface area contributed by atoms with Gasteiger partial charge in [0.05, 0.1) is 17.1 Å². The van der Waals surface area contributed by atoms with E-state index in [2.05, 4.69) is 10.6 Å². The molecule has 0 radical (unpaired) electrons. The number of anilines is 2. The maximum Gasteiger partial charge on any atom is 0.255 e. The fourth-order valence-corrected chi connectivity index (χ4v) is 4.64. The van der Waals surface area contributed by atoms with E-state index in [1.54, 1.807) is 18.2 Å². The van der Waals surface area contributed by atoms with E-state index in [0.29, 0.717) is 22.7 Å². The Labute approximate surface area is 187 Å². The van der Waals surface area contributed by atoms with Crippen molar-refractivity contribution < 1.29 is 9.59 Å². The summed E-state index contributed by atoms with van der Waals surface area (Å²) in [5.74, 6) is -0.283. The van der Waals surface area contributed by atoms with E-state index in [9.17, 15) is 9.59 Å². The molecule has 31 heavy (non-hydrogen) atoms. The Morgan fingerprint density at radius 2 is 1.94 bits per heavy atom. The van der Waals surface area contributed by atoms with E-state index in [4.69, 9.17) is 16.6 Å². The third-order valence-corrected chi connectivity index (χ3v) is 6.22. The number of aromatic nitrogens is 1. The fraction of sp³-hybridized carbons (Fsp3) is 0.0417. The van der Waals surface area contributed by atoms with E-state index < -0.39 is 0 Å². The Morgan fingerprint density at radius 3 is 2.81 bits per heavy atom. The zero-order valence-electron chi connectivity index (χ0n) is 16.2. The quantitative estimate of drug-likeness (QED) is 0.412. The molecule has 5 nitrogen and oxygen atoms in total. The predicted molar refractivity (Wildman–Crippen MR) is 125 cm³/mol. The lowest BCUT2D eigenvalue weighted by atomic mass is 10.1. The minimum absolute atomic E-state index is 0.0559. The first-order valence-electron chi connectivity index (χ1n) is 9.62. The van der Waals surface area contributed by atoms with Crippen LogP contribution in [0.4, 0.5) is 11.4 Å². The molecule has 152 valence electrons. The van der Waals surface area contributed by atoms with Gasteiger partial charge in [-0.2, -0.15) is 0 Å². The Hall–Kier alpha value is -3.48. The molecule has 7 heteroatoms. The summed E-state index contributed by atoms with van der Waals surface area (Å²) >= 11 is 7.82. The SMILES string of the molecule is O=C1Cc2cc(C(=O)Nc3cccc(-c4csc(-c5ccccc5Cl)n4)c3)ccc2N1. The summed E-state index contributed by atoms with van der Waals surface area (Å²) in [5, 5.41) is 9.18. The Morgan fingerprint density at radius 1 is 1.06 bits per heavy atom. The Kier molecular flexibility index (Phi) is 5.02. The second-order valence-corrected chi connectivity index (χ2v) is 8.41. The third-order valence-electron chi connectivity index (χ3n) is 5.02. The van der Waals surface area contributed by atoms with Crippen LogP contribution in [-0.4, -0.2) is 16.8 Å². The van der Waals surface area contributed by atoms with Crippen LogP contribution in [0.15, 0.2) is 72.1 Å². The first-order valence-corrected chi connectivity index (χ1v) is 10.9. The number of nitrogens with one attached hydrogen (secondary N) is 2. The van der Waals surface area contributed by atoms with Gasteiger partial charge in [-0.15, -0.1) is 11.3 Å². The number of thiazole rings is 1. The highest BCUT2D eigenvalue weighted by molar-refractivity contribution is 7.13. The highest BCUT2D eigenvalue weighted by Gasteiger charge is 2.19. The summed E-state index contributed by atoms with van der Waals surface area (Å²) in [6.07, 6.45) is 0.295. The molecule has 0 saturated carbocycles. The van der Waals surface area contributed by atoms with E-state index >= 15 is 0 Å². The number of amides is 2. The normalized spacial score (nSPS) is 12.4. The van der Waals surface area contributed by atoms with Gasteiger partial charge in [-0.1, -0.05) is 41.9 Å². The molecule has 1 aliphatic rings. The first-order chi connectivity index (χ1) is 15.1. The van der Waals surface area contributed by atoms with Gasteiger partial charge in [0.15, 0.2) is 0 Å². The molecular weight excluding hydrogens is 430 g/mol. The number of rotatable bonds is 4. The second kappa shape index (κ2) is 7.98. The van der Waals surface area contributed by atoms with Gasteiger partial charge in [-0.05, 0) is 42.0 Å². The molecule has 0 unspecified atom stereocenters. The summed E-state index contributed by atoms with van der Waals surface area (Å²) in [4.78, 5) is 29.0. The topological polar surface area (TPSA) is 71.1 Å². The largest absolute Gasteiger partial charge is 0.326 e. The number of carbonyl (C=O) groups is 2. The van der Waals surface area contributed by atoms with Gasteiger partial charge < -0.3 is 10.6 Å². The molecule has 0 fully saturated rings. The average molecular weight is 446 g/mol. The average Bonchev–Trinajstić information content (AvgIpc) is 3.39.